The quantitative estimate of drug-likeness (QED) is 0.838. The molecule has 18 heavy (non-hydrogen) atoms. The Morgan fingerprint density at radius 2 is 2.22 bits per heavy atom. The molecule has 0 saturated heterocycles. The Labute approximate surface area is 111 Å². The summed E-state index contributed by atoms with van der Waals surface area (Å²) in [7, 11) is 0. The maximum atomic E-state index is 12.3. The van der Waals surface area contributed by atoms with Gasteiger partial charge in [0.15, 0.2) is 0 Å². The van der Waals surface area contributed by atoms with E-state index >= 15 is 0 Å². The van der Waals surface area contributed by atoms with Crippen molar-refractivity contribution in [3.05, 3.63) is 29.3 Å². The molecule has 2 nitrogen and oxygen atoms in total. The van der Waals surface area contributed by atoms with Crippen molar-refractivity contribution >= 4 is 27.3 Å². The van der Waals surface area contributed by atoms with Crippen LogP contribution >= 0.6 is 11.3 Å². The first-order valence-corrected chi connectivity index (χ1v) is 7.43. The van der Waals surface area contributed by atoms with Crippen LogP contribution in [0.2, 0.25) is 0 Å². The average molecular weight is 259 g/mol. The van der Waals surface area contributed by atoms with Gasteiger partial charge in [0.05, 0.1) is 16.6 Å². The lowest BCUT2D eigenvalue weighted by Gasteiger charge is -2.12. The summed E-state index contributed by atoms with van der Waals surface area (Å²) in [6, 6.07) is 8.09. The van der Waals surface area contributed by atoms with Gasteiger partial charge >= 0.3 is 0 Å². The number of fused-ring (bicyclic) bond motifs is 1. The zero-order valence-corrected chi connectivity index (χ0v) is 11.4. The van der Waals surface area contributed by atoms with Gasteiger partial charge in [0, 0.05) is 5.92 Å². The fourth-order valence-corrected chi connectivity index (χ4v) is 3.88. The van der Waals surface area contributed by atoms with Gasteiger partial charge in [-0.2, -0.15) is 0 Å². The molecule has 0 amide bonds. The summed E-state index contributed by atoms with van der Waals surface area (Å²) in [4.78, 5) is 16.8. The summed E-state index contributed by atoms with van der Waals surface area (Å²) in [6.45, 7) is 2.20. The summed E-state index contributed by atoms with van der Waals surface area (Å²) in [5, 5.41) is 0.973. The van der Waals surface area contributed by atoms with Crippen molar-refractivity contribution in [3.63, 3.8) is 0 Å². The number of para-hydroxylation sites is 1. The number of nitrogens with zero attached hydrogens (tertiary/aromatic N) is 1. The van der Waals surface area contributed by atoms with E-state index in [-0.39, 0.29) is 5.92 Å². The van der Waals surface area contributed by atoms with Crippen molar-refractivity contribution in [1.82, 2.24) is 4.98 Å². The van der Waals surface area contributed by atoms with Crippen molar-refractivity contribution < 1.29 is 4.79 Å². The molecular formula is C15H17NOS. The van der Waals surface area contributed by atoms with Crippen LogP contribution in [0.5, 0.6) is 0 Å². The average Bonchev–Trinajstić information content (AvgIpc) is 2.94. The van der Waals surface area contributed by atoms with E-state index in [0.717, 1.165) is 16.9 Å². The second kappa shape index (κ2) is 4.81. The molecule has 1 aromatic carbocycles. The lowest BCUT2D eigenvalue weighted by molar-refractivity contribution is -0.123. The van der Waals surface area contributed by atoms with E-state index in [9.17, 15) is 4.79 Å². The molecule has 1 aliphatic rings. The first kappa shape index (κ1) is 11.8. The molecule has 0 radical (unpaired) electrons. The van der Waals surface area contributed by atoms with Gasteiger partial charge in [0.2, 0.25) is 0 Å². The smallest absolute Gasteiger partial charge is 0.143 e. The minimum Gasteiger partial charge on any atom is -0.299 e. The molecule has 94 valence electrons. The van der Waals surface area contributed by atoms with E-state index in [1.165, 1.54) is 17.5 Å². The van der Waals surface area contributed by atoms with Crippen LogP contribution in [0, 0.1) is 11.8 Å². The number of benzene rings is 1. The number of rotatable bonds is 3. The Hall–Kier alpha value is -1.22. The number of thiazole rings is 1. The van der Waals surface area contributed by atoms with Gasteiger partial charge in [-0.25, -0.2) is 4.98 Å². The van der Waals surface area contributed by atoms with Gasteiger partial charge in [-0.05, 0) is 30.9 Å². The van der Waals surface area contributed by atoms with Gasteiger partial charge in [0.1, 0.15) is 10.8 Å². The van der Waals surface area contributed by atoms with Crippen LogP contribution in [-0.2, 0) is 11.2 Å². The van der Waals surface area contributed by atoms with Gasteiger partial charge in [0.25, 0.3) is 0 Å². The number of carbonyl (C=O) groups is 1. The monoisotopic (exact) mass is 259 g/mol. The second-order valence-electron chi connectivity index (χ2n) is 5.23. The summed E-state index contributed by atoms with van der Waals surface area (Å²) in [5.74, 6) is 1.22. The third kappa shape index (κ3) is 2.19. The molecule has 1 fully saturated rings. The number of hydrogen-bond donors (Lipinski definition) is 0. The lowest BCUT2D eigenvalue weighted by atomic mass is 9.92. The molecule has 0 N–H and O–H groups in total. The van der Waals surface area contributed by atoms with Gasteiger partial charge < -0.3 is 0 Å². The molecule has 0 spiro atoms. The van der Waals surface area contributed by atoms with Crippen molar-refractivity contribution in [3.8, 4) is 0 Å². The highest BCUT2D eigenvalue weighted by atomic mass is 32.1. The van der Waals surface area contributed by atoms with E-state index in [0.29, 0.717) is 18.1 Å². The van der Waals surface area contributed by atoms with Crippen molar-refractivity contribution in [2.24, 2.45) is 11.8 Å². The number of aromatic nitrogens is 1. The Morgan fingerprint density at radius 1 is 1.39 bits per heavy atom. The Kier molecular flexibility index (Phi) is 3.16. The van der Waals surface area contributed by atoms with Crippen molar-refractivity contribution in [2.75, 3.05) is 0 Å². The SMILES string of the molecule is CC1CCCC1C(=O)Cc1nc2ccccc2s1. The van der Waals surface area contributed by atoms with E-state index < -0.39 is 0 Å². The van der Waals surface area contributed by atoms with E-state index in [1.54, 1.807) is 11.3 Å². The van der Waals surface area contributed by atoms with Gasteiger partial charge in [-0.15, -0.1) is 11.3 Å². The first-order chi connectivity index (χ1) is 8.74. The molecule has 2 aromatic rings. The molecule has 2 unspecified atom stereocenters. The number of carbonyl (C=O) groups excluding carboxylic acids is 1. The number of Topliss-reactive ketones (excluding diaryl/α,β-unsaturated/α-hetero) is 1. The highest BCUT2D eigenvalue weighted by Gasteiger charge is 2.29. The maximum Gasteiger partial charge on any atom is 0.143 e. The van der Waals surface area contributed by atoms with E-state index in [4.69, 9.17) is 0 Å². The van der Waals surface area contributed by atoms with Gasteiger partial charge in [-0.1, -0.05) is 25.5 Å². The Morgan fingerprint density at radius 3 is 2.94 bits per heavy atom. The van der Waals surface area contributed by atoms with Crippen LogP contribution in [0.1, 0.15) is 31.2 Å². The van der Waals surface area contributed by atoms with Crippen LogP contribution < -0.4 is 0 Å². The second-order valence-corrected chi connectivity index (χ2v) is 6.35. The summed E-state index contributed by atoms with van der Waals surface area (Å²) >= 11 is 1.65. The normalized spacial score (nSPS) is 23.6. The lowest BCUT2D eigenvalue weighted by Crippen LogP contribution is -2.18. The van der Waals surface area contributed by atoms with Crippen LogP contribution in [0.15, 0.2) is 24.3 Å². The van der Waals surface area contributed by atoms with Crippen LogP contribution in [0.4, 0.5) is 0 Å². The highest BCUT2D eigenvalue weighted by molar-refractivity contribution is 7.18. The zero-order chi connectivity index (χ0) is 12.5. The van der Waals surface area contributed by atoms with Crippen LogP contribution in [0.25, 0.3) is 10.2 Å². The first-order valence-electron chi connectivity index (χ1n) is 6.61. The molecule has 3 heteroatoms. The fraction of sp³-hybridized carbons (Fsp3) is 0.467. The summed E-state index contributed by atoms with van der Waals surface area (Å²) in [5.41, 5.74) is 1.02. The minimum absolute atomic E-state index is 0.275. The molecule has 3 rings (SSSR count). The van der Waals surface area contributed by atoms with E-state index in [1.807, 2.05) is 18.2 Å². The minimum atomic E-state index is 0.275. The van der Waals surface area contributed by atoms with Gasteiger partial charge in [-0.3, -0.25) is 4.79 Å². The predicted molar refractivity (Wildman–Crippen MR) is 74.8 cm³/mol. The molecule has 1 aromatic heterocycles. The third-order valence-corrected chi connectivity index (χ3v) is 4.98. The standard InChI is InChI=1S/C15H17NOS/c1-10-5-4-6-11(10)13(17)9-15-16-12-7-2-3-8-14(12)18-15/h2-3,7-8,10-11H,4-6,9H2,1H3. The third-order valence-electron chi connectivity index (χ3n) is 3.94. The van der Waals surface area contributed by atoms with Crippen LogP contribution in [-0.4, -0.2) is 10.8 Å². The molecule has 2 atom stereocenters. The van der Waals surface area contributed by atoms with E-state index in [2.05, 4.69) is 18.0 Å². The summed E-state index contributed by atoms with van der Waals surface area (Å²) in [6.07, 6.45) is 4.01. The maximum absolute atomic E-state index is 12.3. The highest BCUT2D eigenvalue weighted by Crippen LogP contribution is 2.33. The number of hydrogen-bond acceptors (Lipinski definition) is 3. The predicted octanol–water partition coefficient (Wildman–Crippen LogP) is 3.84. The molecule has 0 aliphatic heterocycles. The largest absolute Gasteiger partial charge is 0.299 e. The topological polar surface area (TPSA) is 30.0 Å². The Balaban J connectivity index is 1.77. The van der Waals surface area contributed by atoms with Crippen molar-refractivity contribution in [2.45, 2.75) is 32.6 Å². The molecule has 1 heterocycles. The molecule has 1 aliphatic carbocycles. The molecular weight excluding hydrogens is 242 g/mol. The van der Waals surface area contributed by atoms with Crippen molar-refractivity contribution in [1.29, 1.82) is 0 Å². The zero-order valence-electron chi connectivity index (χ0n) is 10.6. The fourth-order valence-electron chi connectivity index (χ4n) is 2.90. The number of ketones is 1. The molecule has 1 saturated carbocycles. The summed E-state index contributed by atoms with van der Waals surface area (Å²) < 4.78 is 1.18. The Bertz CT molecular complexity index is 542. The molecule has 0 bridgehead atoms. The van der Waals surface area contributed by atoms with Crippen LogP contribution in [0.3, 0.4) is 0 Å².